The van der Waals surface area contributed by atoms with Crippen molar-refractivity contribution in [2.75, 3.05) is 33.9 Å². The Balaban J connectivity index is 2.03. The number of hydrogen-bond donors (Lipinski definition) is 1. The monoisotopic (exact) mass is 401 g/mol. The molecule has 6 nitrogen and oxygen atoms in total. The van der Waals surface area contributed by atoms with Crippen molar-refractivity contribution in [3.8, 4) is 5.75 Å². The van der Waals surface area contributed by atoms with Crippen LogP contribution in [0.3, 0.4) is 0 Å². The lowest BCUT2D eigenvalue weighted by molar-refractivity contribution is 0.0559. The molecule has 160 valence electrons. The topological polar surface area (TPSA) is 55.7 Å². The maximum atomic E-state index is 13.9. The van der Waals surface area contributed by atoms with E-state index in [1.807, 2.05) is 18.2 Å². The summed E-state index contributed by atoms with van der Waals surface area (Å²) in [6, 6.07) is 8.47. The molecular formula is C23H35N3O3. The number of methoxy groups -OCH3 is 2. The number of aryl methyl sites for hydroxylation is 1. The van der Waals surface area contributed by atoms with Gasteiger partial charge >= 0.3 is 0 Å². The number of rotatable bonds is 9. The molecule has 2 aromatic rings. The summed E-state index contributed by atoms with van der Waals surface area (Å²) >= 11 is 0. The highest BCUT2D eigenvalue weighted by molar-refractivity contribution is 6.04. The van der Waals surface area contributed by atoms with E-state index in [4.69, 9.17) is 9.47 Å². The van der Waals surface area contributed by atoms with Gasteiger partial charge in [-0.25, -0.2) is 0 Å². The SMILES string of the molecule is COCCCCn1c(C(=O)N(C(C)C)[C@@H]2CCCNC2)c(OC)c2ccccc21. The zero-order valence-corrected chi connectivity index (χ0v) is 18.2. The van der Waals surface area contributed by atoms with Crippen LogP contribution in [-0.2, 0) is 11.3 Å². The molecule has 2 heterocycles. The Morgan fingerprint density at radius 1 is 1.28 bits per heavy atom. The lowest BCUT2D eigenvalue weighted by atomic mass is 10.0. The molecule has 0 bridgehead atoms. The number of carbonyl (C=O) groups excluding carboxylic acids is 1. The molecule has 1 fully saturated rings. The van der Waals surface area contributed by atoms with Crippen molar-refractivity contribution in [1.29, 1.82) is 0 Å². The number of ether oxygens (including phenoxy) is 2. The smallest absolute Gasteiger partial charge is 0.274 e. The molecule has 1 aromatic heterocycles. The van der Waals surface area contributed by atoms with Crippen LogP contribution in [-0.4, -0.2) is 61.4 Å². The van der Waals surface area contributed by atoms with Crippen molar-refractivity contribution in [3.05, 3.63) is 30.0 Å². The van der Waals surface area contributed by atoms with Gasteiger partial charge in [0, 0.05) is 44.3 Å². The summed E-state index contributed by atoms with van der Waals surface area (Å²) in [5.41, 5.74) is 1.72. The molecule has 29 heavy (non-hydrogen) atoms. The second-order valence-electron chi connectivity index (χ2n) is 8.06. The lowest BCUT2D eigenvalue weighted by Crippen LogP contribution is -2.52. The van der Waals surface area contributed by atoms with Gasteiger partial charge in [-0.1, -0.05) is 12.1 Å². The molecule has 1 atom stereocenters. The minimum Gasteiger partial charge on any atom is -0.494 e. The maximum Gasteiger partial charge on any atom is 0.274 e. The summed E-state index contributed by atoms with van der Waals surface area (Å²) in [7, 11) is 3.39. The number of fused-ring (bicyclic) bond motifs is 1. The number of carbonyl (C=O) groups is 1. The Morgan fingerprint density at radius 2 is 2.07 bits per heavy atom. The summed E-state index contributed by atoms with van der Waals surface area (Å²) in [5, 5.41) is 4.44. The number of amides is 1. The van der Waals surface area contributed by atoms with Crippen molar-refractivity contribution in [2.45, 2.75) is 58.2 Å². The molecule has 1 amide bonds. The van der Waals surface area contributed by atoms with Crippen molar-refractivity contribution in [2.24, 2.45) is 0 Å². The van der Waals surface area contributed by atoms with Crippen molar-refractivity contribution in [3.63, 3.8) is 0 Å². The van der Waals surface area contributed by atoms with Gasteiger partial charge in [0.15, 0.2) is 11.4 Å². The summed E-state index contributed by atoms with van der Waals surface area (Å²) < 4.78 is 13.2. The largest absolute Gasteiger partial charge is 0.494 e. The zero-order chi connectivity index (χ0) is 20.8. The first-order valence-electron chi connectivity index (χ1n) is 10.8. The number of unbranched alkanes of at least 4 members (excludes halogenated alkanes) is 1. The third kappa shape index (κ3) is 4.59. The van der Waals surface area contributed by atoms with E-state index in [9.17, 15) is 4.79 Å². The first-order valence-corrected chi connectivity index (χ1v) is 10.8. The molecule has 0 aliphatic carbocycles. The number of piperidine rings is 1. The molecule has 1 N–H and O–H groups in total. The van der Waals surface area contributed by atoms with Crippen LogP contribution in [0.2, 0.25) is 0 Å². The normalized spacial score (nSPS) is 17.1. The van der Waals surface area contributed by atoms with E-state index < -0.39 is 0 Å². The predicted molar refractivity (Wildman–Crippen MR) is 117 cm³/mol. The highest BCUT2D eigenvalue weighted by Crippen LogP contribution is 2.35. The maximum absolute atomic E-state index is 13.9. The van der Waals surface area contributed by atoms with Crippen LogP contribution in [0.25, 0.3) is 10.9 Å². The first-order chi connectivity index (χ1) is 14.1. The van der Waals surface area contributed by atoms with Crippen LogP contribution in [0.4, 0.5) is 0 Å². The first kappa shape index (κ1) is 21.7. The van der Waals surface area contributed by atoms with E-state index in [0.717, 1.165) is 62.8 Å². The molecule has 0 spiro atoms. The fourth-order valence-corrected chi connectivity index (χ4v) is 4.45. The van der Waals surface area contributed by atoms with Gasteiger partial charge in [0.25, 0.3) is 5.91 Å². The number of nitrogens with one attached hydrogen (secondary N) is 1. The van der Waals surface area contributed by atoms with Crippen molar-refractivity contribution >= 4 is 16.8 Å². The number of para-hydroxylation sites is 1. The molecule has 0 saturated carbocycles. The Kier molecular flexibility index (Phi) is 7.56. The number of benzene rings is 1. The second-order valence-corrected chi connectivity index (χ2v) is 8.06. The van der Waals surface area contributed by atoms with E-state index in [1.165, 1.54) is 0 Å². The molecule has 1 aromatic carbocycles. The Labute approximate surface area is 174 Å². The van der Waals surface area contributed by atoms with Gasteiger partial charge in [0.2, 0.25) is 0 Å². The summed E-state index contributed by atoms with van der Waals surface area (Å²) in [4.78, 5) is 16.0. The third-order valence-electron chi connectivity index (χ3n) is 5.77. The van der Waals surface area contributed by atoms with Gasteiger partial charge in [-0.15, -0.1) is 0 Å². The number of nitrogens with zero attached hydrogens (tertiary/aromatic N) is 2. The average Bonchev–Trinajstić information content (AvgIpc) is 3.05. The fourth-order valence-electron chi connectivity index (χ4n) is 4.45. The van der Waals surface area contributed by atoms with E-state index in [1.54, 1.807) is 14.2 Å². The van der Waals surface area contributed by atoms with Gasteiger partial charge < -0.3 is 24.3 Å². The van der Waals surface area contributed by atoms with Crippen LogP contribution in [0.15, 0.2) is 24.3 Å². The van der Waals surface area contributed by atoms with E-state index in [0.29, 0.717) is 11.4 Å². The summed E-state index contributed by atoms with van der Waals surface area (Å²) in [5.74, 6) is 0.750. The third-order valence-corrected chi connectivity index (χ3v) is 5.77. The predicted octanol–water partition coefficient (Wildman–Crippen LogP) is 3.68. The van der Waals surface area contributed by atoms with Crippen LogP contribution in [0, 0.1) is 0 Å². The molecule has 1 aliphatic rings. The van der Waals surface area contributed by atoms with Crippen molar-refractivity contribution in [1.82, 2.24) is 14.8 Å². The van der Waals surface area contributed by atoms with E-state index >= 15 is 0 Å². The quantitative estimate of drug-likeness (QED) is 0.651. The molecule has 3 rings (SSSR count). The van der Waals surface area contributed by atoms with E-state index in [-0.39, 0.29) is 18.0 Å². The minimum atomic E-state index is 0.0634. The van der Waals surface area contributed by atoms with Gasteiger partial charge in [0.1, 0.15) is 0 Å². The minimum absolute atomic E-state index is 0.0634. The Bertz CT molecular complexity index is 809. The fraction of sp³-hybridized carbons (Fsp3) is 0.609. The Morgan fingerprint density at radius 3 is 2.72 bits per heavy atom. The number of aromatic nitrogens is 1. The van der Waals surface area contributed by atoms with Crippen LogP contribution < -0.4 is 10.1 Å². The van der Waals surface area contributed by atoms with Gasteiger partial charge in [0.05, 0.1) is 12.6 Å². The second kappa shape index (κ2) is 10.1. The van der Waals surface area contributed by atoms with Crippen molar-refractivity contribution < 1.29 is 14.3 Å². The zero-order valence-electron chi connectivity index (χ0n) is 18.2. The highest BCUT2D eigenvalue weighted by Gasteiger charge is 2.33. The average molecular weight is 402 g/mol. The highest BCUT2D eigenvalue weighted by atomic mass is 16.5. The van der Waals surface area contributed by atoms with Gasteiger partial charge in [-0.2, -0.15) is 0 Å². The van der Waals surface area contributed by atoms with Crippen LogP contribution in [0.5, 0.6) is 5.75 Å². The lowest BCUT2D eigenvalue weighted by Gasteiger charge is -2.38. The van der Waals surface area contributed by atoms with Crippen LogP contribution >= 0.6 is 0 Å². The molecule has 0 radical (unpaired) electrons. The molecule has 6 heteroatoms. The molecular weight excluding hydrogens is 366 g/mol. The van der Waals surface area contributed by atoms with E-state index in [2.05, 4.69) is 34.7 Å². The van der Waals surface area contributed by atoms with Gasteiger partial charge in [-0.3, -0.25) is 4.79 Å². The standard InChI is InChI=1S/C23H35N3O3/c1-17(2)26(18-10-9-13-24-16-18)23(27)21-22(29-4)19-11-5-6-12-20(19)25(21)14-7-8-15-28-3/h5-6,11-12,17-18,24H,7-10,13-16H2,1-4H3/t18-/m1/s1. The Hall–Kier alpha value is -2.05. The molecule has 1 saturated heterocycles. The summed E-state index contributed by atoms with van der Waals surface area (Å²) in [6.07, 6.45) is 4.04. The van der Waals surface area contributed by atoms with Gasteiger partial charge in [-0.05, 0) is 58.2 Å². The molecule has 1 aliphatic heterocycles. The van der Waals surface area contributed by atoms with Crippen LogP contribution in [0.1, 0.15) is 50.0 Å². The number of hydrogen-bond acceptors (Lipinski definition) is 4. The molecule has 0 unspecified atom stereocenters. The summed E-state index contributed by atoms with van der Waals surface area (Å²) in [6.45, 7) is 7.57.